The first-order valence-corrected chi connectivity index (χ1v) is 9.54. The monoisotopic (exact) mass is 352 g/mol. The lowest BCUT2D eigenvalue weighted by Gasteiger charge is -2.10. The van der Waals surface area contributed by atoms with Gasteiger partial charge < -0.3 is 9.25 Å². The average Bonchev–Trinajstić information content (AvgIpc) is 2.97. The topological polar surface area (TPSA) is 38.1 Å². The number of hydrogen-bond donors (Lipinski definition) is 1. The van der Waals surface area contributed by atoms with Gasteiger partial charge in [0.15, 0.2) is 5.82 Å². The van der Waals surface area contributed by atoms with Crippen LogP contribution in [0.5, 0.6) is 0 Å². The molecule has 0 spiro atoms. The van der Waals surface area contributed by atoms with Crippen LogP contribution in [0.2, 0.25) is 0 Å². The van der Waals surface area contributed by atoms with Crippen molar-refractivity contribution in [1.29, 1.82) is 0 Å². The second kappa shape index (κ2) is 8.26. The number of anilines is 1. The molecular weight excluding hydrogens is 328 g/mol. The number of nitrogens with one attached hydrogen (secondary N) is 1. The second-order valence-corrected chi connectivity index (χ2v) is 7.06. The van der Waals surface area contributed by atoms with Crippen molar-refractivity contribution in [3.63, 3.8) is 0 Å². The zero-order chi connectivity index (χ0) is 17.6. The van der Waals surface area contributed by atoms with Gasteiger partial charge >= 0.3 is 0 Å². The summed E-state index contributed by atoms with van der Waals surface area (Å²) in [5.74, 6) is 1.63. The van der Waals surface area contributed by atoms with E-state index in [1.807, 2.05) is 13.8 Å². The summed E-state index contributed by atoms with van der Waals surface area (Å²) in [5.41, 5.74) is 4.91. The summed E-state index contributed by atoms with van der Waals surface area (Å²) in [7, 11) is 0. The van der Waals surface area contributed by atoms with Gasteiger partial charge in [0.2, 0.25) is 0 Å². The Kier molecular flexibility index (Phi) is 5.82. The Morgan fingerprint density at radius 3 is 2.48 bits per heavy atom. The molecule has 25 heavy (non-hydrogen) atoms. The van der Waals surface area contributed by atoms with Crippen LogP contribution < -0.4 is 4.72 Å². The van der Waals surface area contributed by atoms with Crippen molar-refractivity contribution in [2.45, 2.75) is 44.9 Å². The third-order valence-corrected chi connectivity index (χ3v) is 5.26. The highest BCUT2D eigenvalue weighted by Gasteiger charge is 2.10. The largest absolute Gasteiger partial charge is 0.359 e. The Morgan fingerprint density at radius 2 is 1.80 bits per heavy atom. The third kappa shape index (κ3) is 4.26. The lowest BCUT2D eigenvalue weighted by molar-refractivity contribution is 0.399. The van der Waals surface area contributed by atoms with E-state index in [4.69, 9.17) is 4.52 Å². The predicted octanol–water partition coefficient (Wildman–Crippen LogP) is 6.42. The van der Waals surface area contributed by atoms with Gasteiger partial charge in [-0.05, 0) is 61.4 Å². The van der Waals surface area contributed by atoms with E-state index in [-0.39, 0.29) is 0 Å². The Balaban J connectivity index is 1.77. The smallest absolute Gasteiger partial charge is 0.182 e. The van der Waals surface area contributed by atoms with Gasteiger partial charge in [0, 0.05) is 10.5 Å². The highest BCUT2D eigenvalue weighted by Crippen LogP contribution is 2.33. The molecule has 3 aromatic rings. The first kappa shape index (κ1) is 17.6. The predicted molar refractivity (Wildman–Crippen MR) is 106 cm³/mol. The second-order valence-electron chi connectivity index (χ2n) is 6.21. The molecule has 0 bridgehead atoms. The van der Waals surface area contributed by atoms with Crippen molar-refractivity contribution >= 4 is 17.8 Å². The van der Waals surface area contributed by atoms with Crippen molar-refractivity contribution in [1.82, 2.24) is 5.16 Å². The first-order chi connectivity index (χ1) is 12.2. The van der Waals surface area contributed by atoms with Gasteiger partial charge in [-0.1, -0.05) is 61.0 Å². The maximum absolute atomic E-state index is 5.22. The van der Waals surface area contributed by atoms with E-state index in [9.17, 15) is 0 Å². The molecular formula is C21H24N2OS. The molecule has 0 unspecified atom stereocenters. The summed E-state index contributed by atoms with van der Waals surface area (Å²) in [6.07, 6.45) is 3.62. The lowest BCUT2D eigenvalue weighted by atomic mass is 10.0. The molecule has 0 saturated heterocycles. The van der Waals surface area contributed by atoms with Gasteiger partial charge in [-0.25, -0.2) is 0 Å². The maximum Gasteiger partial charge on any atom is 0.182 e. The van der Waals surface area contributed by atoms with Crippen LogP contribution >= 0.6 is 11.9 Å². The van der Waals surface area contributed by atoms with Crippen LogP contribution in [0.25, 0.3) is 11.1 Å². The molecule has 3 rings (SSSR count). The quantitative estimate of drug-likeness (QED) is 0.498. The fourth-order valence-electron chi connectivity index (χ4n) is 2.64. The minimum Gasteiger partial charge on any atom is -0.359 e. The summed E-state index contributed by atoms with van der Waals surface area (Å²) < 4.78 is 8.53. The van der Waals surface area contributed by atoms with Crippen molar-refractivity contribution in [2.24, 2.45) is 0 Å². The molecule has 2 aromatic carbocycles. The van der Waals surface area contributed by atoms with E-state index in [0.29, 0.717) is 0 Å². The van der Waals surface area contributed by atoms with Crippen molar-refractivity contribution in [3.05, 3.63) is 65.4 Å². The molecule has 3 nitrogen and oxygen atoms in total. The van der Waals surface area contributed by atoms with E-state index in [1.165, 1.54) is 34.4 Å². The summed E-state index contributed by atoms with van der Waals surface area (Å²) in [6.45, 7) is 6.16. The van der Waals surface area contributed by atoms with Crippen LogP contribution in [-0.2, 0) is 6.42 Å². The molecule has 0 fully saturated rings. The van der Waals surface area contributed by atoms with Gasteiger partial charge in [-0.2, -0.15) is 0 Å². The molecule has 0 aliphatic rings. The Labute approximate surface area is 154 Å². The van der Waals surface area contributed by atoms with Gasteiger partial charge in [-0.3, -0.25) is 0 Å². The van der Waals surface area contributed by atoms with Crippen LogP contribution in [0.3, 0.4) is 0 Å². The number of rotatable bonds is 7. The van der Waals surface area contributed by atoms with E-state index in [0.717, 1.165) is 23.6 Å². The van der Waals surface area contributed by atoms with Crippen LogP contribution in [0, 0.1) is 13.8 Å². The molecule has 0 aliphatic heterocycles. The Bertz CT molecular complexity index is 824. The molecule has 0 saturated carbocycles. The average molecular weight is 353 g/mol. The normalized spacial score (nSPS) is 10.8. The van der Waals surface area contributed by atoms with Gasteiger partial charge in [0.05, 0.1) is 0 Å². The fraction of sp³-hybridized carbons (Fsp3) is 0.286. The summed E-state index contributed by atoms with van der Waals surface area (Å²) in [5, 5.41) is 4.07. The Morgan fingerprint density at radius 1 is 1.04 bits per heavy atom. The number of hydrogen-bond acceptors (Lipinski definition) is 4. The van der Waals surface area contributed by atoms with Gasteiger partial charge in [0.1, 0.15) is 5.76 Å². The first-order valence-electron chi connectivity index (χ1n) is 8.73. The highest BCUT2D eigenvalue weighted by atomic mass is 32.2. The van der Waals surface area contributed by atoms with Crippen LogP contribution in [0.4, 0.5) is 5.82 Å². The molecule has 0 amide bonds. The molecule has 130 valence electrons. The number of aromatic nitrogens is 1. The molecule has 0 aliphatic carbocycles. The SMILES string of the molecule is CCCCc1ccc(-c2ccccc2SNc2noc(C)c2C)cc1. The summed E-state index contributed by atoms with van der Waals surface area (Å²) in [4.78, 5) is 1.17. The minimum atomic E-state index is 0.784. The van der Waals surface area contributed by atoms with E-state index in [1.54, 1.807) is 11.9 Å². The number of nitrogens with zero attached hydrogens (tertiary/aromatic N) is 1. The molecule has 1 heterocycles. The molecule has 0 radical (unpaired) electrons. The molecule has 1 N–H and O–H groups in total. The van der Waals surface area contributed by atoms with Crippen LogP contribution in [-0.4, -0.2) is 5.16 Å². The zero-order valence-electron chi connectivity index (χ0n) is 15.0. The summed E-state index contributed by atoms with van der Waals surface area (Å²) >= 11 is 1.57. The van der Waals surface area contributed by atoms with Crippen LogP contribution in [0.15, 0.2) is 57.9 Å². The standard InChI is InChI=1S/C21H24N2OS/c1-4-5-8-17-11-13-18(14-12-17)19-9-6-7-10-20(19)25-23-21-15(2)16(3)24-22-21/h6-7,9-14H,4-5,8H2,1-3H3,(H,22,23). The lowest BCUT2D eigenvalue weighted by Crippen LogP contribution is -1.91. The van der Waals surface area contributed by atoms with Gasteiger partial charge in [-0.15, -0.1) is 0 Å². The van der Waals surface area contributed by atoms with E-state index >= 15 is 0 Å². The maximum atomic E-state index is 5.22. The van der Waals surface area contributed by atoms with Crippen LogP contribution in [0.1, 0.15) is 36.7 Å². The number of unbranched alkanes of at least 4 members (excludes halogenated alkanes) is 1. The number of aryl methyl sites for hydroxylation is 2. The van der Waals surface area contributed by atoms with Gasteiger partial charge in [0.25, 0.3) is 0 Å². The molecule has 0 atom stereocenters. The number of benzene rings is 2. The third-order valence-electron chi connectivity index (χ3n) is 4.39. The summed E-state index contributed by atoms with van der Waals surface area (Å²) in [6, 6.07) is 17.3. The van der Waals surface area contributed by atoms with E-state index < -0.39 is 0 Å². The Hall–Kier alpha value is -2.20. The highest BCUT2D eigenvalue weighted by molar-refractivity contribution is 8.00. The fourth-order valence-corrected chi connectivity index (χ4v) is 3.48. The van der Waals surface area contributed by atoms with Crippen molar-refractivity contribution < 1.29 is 4.52 Å². The van der Waals surface area contributed by atoms with Crippen molar-refractivity contribution in [3.8, 4) is 11.1 Å². The molecule has 1 aromatic heterocycles. The minimum absolute atomic E-state index is 0.784. The molecule has 4 heteroatoms. The van der Waals surface area contributed by atoms with E-state index in [2.05, 4.69) is 65.3 Å². The van der Waals surface area contributed by atoms with Crippen molar-refractivity contribution in [2.75, 3.05) is 4.72 Å². The zero-order valence-corrected chi connectivity index (χ0v) is 15.8.